The molecule has 13 heavy (non-hydrogen) atoms. The Morgan fingerprint density at radius 1 is 1.08 bits per heavy atom. The fourth-order valence-electron chi connectivity index (χ4n) is 1.16. The van der Waals surface area contributed by atoms with Gasteiger partial charge in [0.05, 0.1) is 0 Å². The molecule has 0 heterocycles. The van der Waals surface area contributed by atoms with Crippen LogP contribution in [-0.4, -0.2) is 0 Å². The van der Waals surface area contributed by atoms with Gasteiger partial charge in [0.1, 0.15) is 5.82 Å². The van der Waals surface area contributed by atoms with Crippen LogP contribution in [0.15, 0.2) is 12.1 Å². The molecule has 0 aliphatic heterocycles. The zero-order chi connectivity index (χ0) is 10.0. The van der Waals surface area contributed by atoms with Gasteiger partial charge in [0.2, 0.25) is 0 Å². The summed E-state index contributed by atoms with van der Waals surface area (Å²) in [4.78, 5) is 0. The van der Waals surface area contributed by atoms with Crippen LogP contribution in [0.2, 0.25) is 0 Å². The average molecular weight is 188 g/mol. The van der Waals surface area contributed by atoms with Gasteiger partial charge in [-0.3, -0.25) is 0 Å². The van der Waals surface area contributed by atoms with Crippen molar-refractivity contribution < 1.29 is 13.2 Å². The molecule has 0 atom stereocenters. The van der Waals surface area contributed by atoms with Crippen molar-refractivity contribution in [3.8, 4) is 0 Å². The van der Waals surface area contributed by atoms with E-state index in [-0.39, 0.29) is 17.9 Å². The summed E-state index contributed by atoms with van der Waals surface area (Å²) >= 11 is 0. The molecule has 0 fully saturated rings. The Morgan fingerprint density at radius 2 is 1.62 bits per heavy atom. The van der Waals surface area contributed by atoms with Crippen LogP contribution in [0.4, 0.5) is 13.2 Å². The third-order valence-electron chi connectivity index (χ3n) is 1.75. The molecule has 1 aromatic carbocycles. The van der Waals surface area contributed by atoms with Gasteiger partial charge in [-0.25, -0.2) is 13.2 Å². The van der Waals surface area contributed by atoms with E-state index in [1.807, 2.05) is 13.8 Å². The highest BCUT2D eigenvalue weighted by atomic mass is 19.2. The summed E-state index contributed by atoms with van der Waals surface area (Å²) in [5.41, 5.74) is -0.157. The van der Waals surface area contributed by atoms with E-state index < -0.39 is 17.5 Å². The summed E-state index contributed by atoms with van der Waals surface area (Å²) in [7, 11) is 0. The molecule has 0 spiro atoms. The third kappa shape index (κ3) is 2.23. The smallest absolute Gasteiger partial charge is 0.164 e. The summed E-state index contributed by atoms with van der Waals surface area (Å²) in [6.07, 6.45) is 0.218. The fraction of sp³-hybridized carbons (Fsp3) is 0.400. The Hall–Kier alpha value is -0.990. The van der Waals surface area contributed by atoms with Gasteiger partial charge in [-0.1, -0.05) is 13.8 Å². The number of rotatable bonds is 2. The van der Waals surface area contributed by atoms with Crippen molar-refractivity contribution in [1.29, 1.82) is 0 Å². The maximum Gasteiger partial charge on any atom is 0.164 e. The van der Waals surface area contributed by atoms with Crippen LogP contribution < -0.4 is 0 Å². The summed E-state index contributed by atoms with van der Waals surface area (Å²) in [6, 6.07) is 1.75. The molecule has 0 N–H and O–H groups in total. The van der Waals surface area contributed by atoms with Gasteiger partial charge in [-0.05, 0) is 24.5 Å². The maximum absolute atomic E-state index is 13.0. The molecule has 72 valence electrons. The van der Waals surface area contributed by atoms with E-state index in [1.165, 1.54) is 0 Å². The molecule has 3 heteroatoms. The first kappa shape index (κ1) is 10.1. The number of hydrogen-bond acceptors (Lipinski definition) is 0. The Morgan fingerprint density at radius 3 is 2.15 bits per heavy atom. The Bertz CT molecular complexity index is 305. The fourth-order valence-corrected chi connectivity index (χ4v) is 1.16. The lowest BCUT2D eigenvalue weighted by atomic mass is 10.0. The highest BCUT2D eigenvalue weighted by molar-refractivity contribution is 5.21. The van der Waals surface area contributed by atoms with E-state index in [9.17, 15) is 13.2 Å². The molecule has 1 aromatic rings. The van der Waals surface area contributed by atoms with Gasteiger partial charge in [0, 0.05) is 5.56 Å². The van der Waals surface area contributed by atoms with E-state index >= 15 is 0 Å². The van der Waals surface area contributed by atoms with Crippen LogP contribution in [0.5, 0.6) is 0 Å². The van der Waals surface area contributed by atoms with Crippen molar-refractivity contribution in [2.45, 2.75) is 20.3 Å². The molecule has 1 rings (SSSR count). The zero-order valence-electron chi connectivity index (χ0n) is 7.57. The largest absolute Gasteiger partial charge is 0.207 e. The first-order valence-electron chi connectivity index (χ1n) is 4.14. The van der Waals surface area contributed by atoms with Gasteiger partial charge in [0.25, 0.3) is 0 Å². The second-order valence-corrected chi connectivity index (χ2v) is 3.42. The quantitative estimate of drug-likeness (QED) is 0.624. The number of benzene rings is 1. The topological polar surface area (TPSA) is 0 Å². The van der Waals surface area contributed by atoms with Crippen LogP contribution in [0.1, 0.15) is 19.4 Å². The average Bonchev–Trinajstić information content (AvgIpc) is 2.05. The zero-order valence-corrected chi connectivity index (χ0v) is 7.57. The number of halogens is 3. The van der Waals surface area contributed by atoms with Crippen LogP contribution in [0.25, 0.3) is 0 Å². The normalized spacial score (nSPS) is 10.9. The van der Waals surface area contributed by atoms with E-state index in [0.29, 0.717) is 0 Å². The van der Waals surface area contributed by atoms with Crippen LogP contribution in [-0.2, 0) is 6.42 Å². The van der Waals surface area contributed by atoms with Gasteiger partial charge in [-0.15, -0.1) is 0 Å². The van der Waals surface area contributed by atoms with Gasteiger partial charge >= 0.3 is 0 Å². The van der Waals surface area contributed by atoms with Crippen LogP contribution >= 0.6 is 0 Å². The van der Waals surface area contributed by atoms with Gasteiger partial charge in [-0.2, -0.15) is 0 Å². The molecule has 0 unspecified atom stereocenters. The first-order chi connectivity index (χ1) is 6.02. The van der Waals surface area contributed by atoms with Crippen LogP contribution in [0.3, 0.4) is 0 Å². The van der Waals surface area contributed by atoms with Gasteiger partial charge in [0.15, 0.2) is 11.6 Å². The van der Waals surface area contributed by atoms with Crippen LogP contribution in [0, 0.1) is 23.4 Å². The number of hydrogen-bond donors (Lipinski definition) is 0. The van der Waals surface area contributed by atoms with Crippen molar-refractivity contribution >= 4 is 0 Å². The second kappa shape index (κ2) is 3.81. The SMILES string of the molecule is CC(C)Cc1c(F)ccc(F)c1F. The summed E-state index contributed by atoms with van der Waals surface area (Å²) in [5.74, 6) is -2.62. The molecular weight excluding hydrogens is 177 g/mol. The molecule has 0 aliphatic rings. The second-order valence-electron chi connectivity index (χ2n) is 3.42. The Balaban J connectivity index is 3.10. The molecule has 0 aliphatic carbocycles. The minimum Gasteiger partial charge on any atom is -0.207 e. The lowest BCUT2D eigenvalue weighted by molar-refractivity contribution is 0.467. The maximum atomic E-state index is 13.0. The first-order valence-corrected chi connectivity index (χ1v) is 4.14. The van der Waals surface area contributed by atoms with Crippen molar-refractivity contribution in [3.05, 3.63) is 35.1 Å². The van der Waals surface area contributed by atoms with E-state index in [2.05, 4.69) is 0 Å². The van der Waals surface area contributed by atoms with Crippen molar-refractivity contribution in [1.82, 2.24) is 0 Å². The van der Waals surface area contributed by atoms with E-state index in [0.717, 1.165) is 12.1 Å². The predicted octanol–water partition coefficient (Wildman–Crippen LogP) is 3.30. The highest BCUT2D eigenvalue weighted by Crippen LogP contribution is 2.18. The lowest BCUT2D eigenvalue weighted by Crippen LogP contribution is -2.03. The van der Waals surface area contributed by atoms with Crippen molar-refractivity contribution in [2.75, 3.05) is 0 Å². The molecule has 0 radical (unpaired) electrons. The highest BCUT2D eigenvalue weighted by Gasteiger charge is 2.14. The molecule has 0 nitrogen and oxygen atoms in total. The van der Waals surface area contributed by atoms with E-state index in [4.69, 9.17) is 0 Å². The molecule has 0 saturated carbocycles. The molecule has 0 amide bonds. The molecule has 0 saturated heterocycles. The monoisotopic (exact) mass is 188 g/mol. The summed E-state index contributed by atoms with van der Waals surface area (Å²) in [5, 5.41) is 0. The van der Waals surface area contributed by atoms with E-state index in [1.54, 1.807) is 0 Å². The predicted molar refractivity (Wildman–Crippen MR) is 44.9 cm³/mol. The van der Waals surface area contributed by atoms with Crippen molar-refractivity contribution in [2.24, 2.45) is 5.92 Å². The minimum atomic E-state index is -1.06. The molecular formula is C10H11F3. The standard InChI is InChI=1S/C10H11F3/c1-6(2)5-7-8(11)3-4-9(12)10(7)13/h3-4,6H,5H2,1-2H3. The van der Waals surface area contributed by atoms with Crippen molar-refractivity contribution in [3.63, 3.8) is 0 Å². The molecule has 0 bridgehead atoms. The lowest BCUT2D eigenvalue weighted by Gasteiger charge is -2.07. The summed E-state index contributed by atoms with van der Waals surface area (Å²) < 4.78 is 38.7. The Kier molecular flexibility index (Phi) is 2.96. The van der Waals surface area contributed by atoms with Gasteiger partial charge < -0.3 is 0 Å². The Labute approximate surface area is 75.4 Å². The summed E-state index contributed by atoms with van der Waals surface area (Å²) in [6.45, 7) is 3.65. The third-order valence-corrected chi connectivity index (χ3v) is 1.75. The minimum absolute atomic E-state index is 0.103. The molecule has 0 aromatic heterocycles.